The van der Waals surface area contributed by atoms with Gasteiger partial charge < -0.3 is 13.9 Å². The monoisotopic (exact) mass is 452 g/mol. The Bertz CT molecular complexity index is 1300. The zero-order chi connectivity index (χ0) is 22.0. The van der Waals surface area contributed by atoms with E-state index in [1.165, 1.54) is 24.3 Å². The Kier molecular flexibility index (Phi) is 5.80. The average Bonchev–Trinajstić information content (AvgIpc) is 3.44. The molecule has 0 unspecified atom stereocenters. The maximum Gasteiger partial charge on any atom is 0.335 e. The Hall–Kier alpha value is -3.54. The molecule has 0 aliphatic rings. The summed E-state index contributed by atoms with van der Waals surface area (Å²) in [4.78, 5) is 23.4. The first kappa shape index (κ1) is 20.7. The molecular weight excluding hydrogens is 439 g/mol. The highest BCUT2D eigenvalue weighted by atomic mass is 35.5. The van der Waals surface area contributed by atoms with E-state index < -0.39 is 5.97 Å². The van der Waals surface area contributed by atoms with E-state index >= 15 is 0 Å². The number of rotatable bonds is 6. The van der Waals surface area contributed by atoms with Crippen LogP contribution in [-0.4, -0.2) is 16.9 Å². The van der Waals surface area contributed by atoms with E-state index in [4.69, 9.17) is 37.1 Å². The molecule has 0 spiro atoms. The van der Waals surface area contributed by atoms with Crippen LogP contribution in [0.25, 0.3) is 28.7 Å². The lowest BCUT2D eigenvalue weighted by Gasteiger charge is -2.01. The first-order valence-electron chi connectivity index (χ1n) is 9.12. The van der Waals surface area contributed by atoms with Crippen molar-refractivity contribution < 1.29 is 23.5 Å². The molecule has 0 aliphatic carbocycles. The molecule has 154 valence electrons. The molecular formula is C24H14Cl2O5. The number of carboxylic acid groups (broad SMARTS) is 1. The molecule has 31 heavy (non-hydrogen) atoms. The highest BCUT2D eigenvalue weighted by Gasteiger charge is 2.13. The predicted octanol–water partition coefficient (Wildman–Crippen LogP) is 7.11. The van der Waals surface area contributed by atoms with E-state index in [0.717, 1.165) is 5.56 Å². The van der Waals surface area contributed by atoms with Gasteiger partial charge in [-0.25, -0.2) is 4.79 Å². The van der Waals surface area contributed by atoms with Gasteiger partial charge in [0.1, 0.15) is 17.3 Å². The summed E-state index contributed by atoms with van der Waals surface area (Å²) in [5.41, 5.74) is 1.52. The highest BCUT2D eigenvalue weighted by Crippen LogP contribution is 2.32. The lowest BCUT2D eigenvalue weighted by atomic mass is 10.1. The number of ketones is 1. The summed E-state index contributed by atoms with van der Waals surface area (Å²) in [6, 6.07) is 18.0. The fourth-order valence-corrected chi connectivity index (χ4v) is 3.30. The minimum Gasteiger partial charge on any atom is -0.478 e. The quantitative estimate of drug-likeness (QED) is 0.249. The third-order valence-electron chi connectivity index (χ3n) is 4.48. The van der Waals surface area contributed by atoms with Crippen LogP contribution in [0.4, 0.5) is 0 Å². The van der Waals surface area contributed by atoms with E-state index in [0.29, 0.717) is 32.9 Å². The molecule has 0 fully saturated rings. The molecule has 1 N–H and O–H groups in total. The van der Waals surface area contributed by atoms with Gasteiger partial charge in [0.05, 0.1) is 10.6 Å². The molecule has 0 atom stereocenters. The number of carboxylic acids is 1. The van der Waals surface area contributed by atoms with E-state index in [1.807, 2.05) is 0 Å². The fourth-order valence-electron chi connectivity index (χ4n) is 2.92. The number of carbonyl (C=O) groups is 2. The van der Waals surface area contributed by atoms with Crippen molar-refractivity contribution in [1.82, 2.24) is 0 Å². The summed E-state index contributed by atoms with van der Waals surface area (Å²) in [7, 11) is 0. The molecule has 0 saturated heterocycles. The van der Waals surface area contributed by atoms with Gasteiger partial charge in [0, 0.05) is 16.1 Å². The maximum absolute atomic E-state index is 12.5. The zero-order valence-electron chi connectivity index (χ0n) is 15.8. The predicted molar refractivity (Wildman–Crippen MR) is 119 cm³/mol. The summed E-state index contributed by atoms with van der Waals surface area (Å²) < 4.78 is 11.3. The number of aromatic carboxylic acids is 1. The second-order valence-corrected chi connectivity index (χ2v) is 7.41. The Balaban J connectivity index is 1.48. The van der Waals surface area contributed by atoms with Crippen molar-refractivity contribution in [2.24, 2.45) is 0 Å². The van der Waals surface area contributed by atoms with E-state index in [1.54, 1.807) is 54.6 Å². The Morgan fingerprint density at radius 1 is 0.839 bits per heavy atom. The van der Waals surface area contributed by atoms with Crippen LogP contribution in [0.15, 0.2) is 81.6 Å². The van der Waals surface area contributed by atoms with Crippen molar-refractivity contribution in [3.05, 3.63) is 99.9 Å². The molecule has 4 aromatic rings. The minimum absolute atomic E-state index is 0.151. The van der Waals surface area contributed by atoms with Gasteiger partial charge in [-0.05, 0) is 66.7 Å². The number of allylic oxidation sites excluding steroid dienone is 1. The molecule has 0 radical (unpaired) electrons. The second kappa shape index (κ2) is 8.68. The molecule has 2 aromatic heterocycles. The van der Waals surface area contributed by atoms with Gasteiger partial charge in [-0.2, -0.15) is 0 Å². The summed E-state index contributed by atoms with van der Waals surface area (Å²) in [5, 5.41) is 9.95. The topological polar surface area (TPSA) is 80.6 Å². The average molecular weight is 453 g/mol. The lowest BCUT2D eigenvalue weighted by Crippen LogP contribution is -1.94. The summed E-state index contributed by atoms with van der Waals surface area (Å²) >= 11 is 12.2. The van der Waals surface area contributed by atoms with Gasteiger partial charge in [-0.15, -0.1) is 0 Å². The molecule has 0 saturated carbocycles. The van der Waals surface area contributed by atoms with Crippen LogP contribution in [0.3, 0.4) is 0 Å². The van der Waals surface area contributed by atoms with Gasteiger partial charge in [-0.1, -0.05) is 35.3 Å². The van der Waals surface area contributed by atoms with Crippen molar-refractivity contribution in [3.8, 4) is 22.6 Å². The molecule has 2 aromatic carbocycles. The molecule has 0 bridgehead atoms. The van der Waals surface area contributed by atoms with Gasteiger partial charge in [0.25, 0.3) is 0 Å². The number of furan rings is 2. The molecule has 5 nitrogen and oxygen atoms in total. The van der Waals surface area contributed by atoms with E-state index in [-0.39, 0.29) is 17.1 Å². The smallest absolute Gasteiger partial charge is 0.335 e. The standard InChI is InChI=1S/C24H14Cl2O5/c25-16-5-8-19(26)18(13-16)22-11-12-23(31-22)20(27)9-6-17-7-10-21(30-17)14-1-3-15(4-2-14)24(28)29/h1-13H,(H,28,29). The van der Waals surface area contributed by atoms with Crippen molar-refractivity contribution in [1.29, 1.82) is 0 Å². The van der Waals surface area contributed by atoms with Crippen LogP contribution in [0.2, 0.25) is 10.0 Å². The molecule has 2 heterocycles. The van der Waals surface area contributed by atoms with Crippen LogP contribution in [0.1, 0.15) is 26.7 Å². The van der Waals surface area contributed by atoms with E-state index in [2.05, 4.69) is 0 Å². The SMILES string of the molecule is O=C(O)c1ccc(-c2ccc(C=CC(=O)c3ccc(-c4cc(Cl)ccc4Cl)o3)o2)cc1. The third kappa shape index (κ3) is 4.63. The maximum atomic E-state index is 12.5. The van der Waals surface area contributed by atoms with Crippen molar-refractivity contribution in [2.45, 2.75) is 0 Å². The Morgan fingerprint density at radius 3 is 2.32 bits per heavy atom. The van der Waals surface area contributed by atoms with Crippen LogP contribution in [-0.2, 0) is 0 Å². The number of halogens is 2. The third-order valence-corrected chi connectivity index (χ3v) is 5.05. The lowest BCUT2D eigenvalue weighted by molar-refractivity contribution is 0.0696. The van der Waals surface area contributed by atoms with Crippen LogP contribution in [0.5, 0.6) is 0 Å². The summed E-state index contributed by atoms with van der Waals surface area (Å²) in [6.07, 6.45) is 2.88. The molecule has 4 rings (SSSR count). The van der Waals surface area contributed by atoms with E-state index in [9.17, 15) is 9.59 Å². The Morgan fingerprint density at radius 2 is 1.58 bits per heavy atom. The number of hydrogen-bond donors (Lipinski definition) is 1. The Labute approximate surface area is 187 Å². The van der Waals surface area contributed by atoms with Crippen LogP contribution in [0, 0.1) is 0 Å². The molecule has 0 amide bonds. The first-order valence-corrected chi connectivity index (χ1v) is 9.87. The summed E-state index contributed by atoms with van der Waals surface area (Å²) in [5.74, 6) is 0.280. The fraction of sp³-hybridized carbons (Fsp3) is 0. The van der Waals surface area contributed by atoms with Crippen molar-refractivity contribution in [2.75, 3.05) is 0 Å². The van der Waals surface area contributed by atoms with Crippen LogP contribution >= 0.6 is 23.2 Å². The van der Waals surface area contributed by atoms with Crippen molar-refractivity contribution >= 4 is 41.0 Å². The highest BCUT2D eigenvalue weighted by molar-refractivity contribution is 6.35. The zero-order valence-corrected chi connectivity index (χ0v) is 17.4. The number of benzene rings is 2. The number of carbonyl (C=O) groups excluding carboxylic acids is 1. The summed E-state index contributed by atoms with van der Waals surface area (Å²) in [6.45, 7) is 0. The molecule has 0 aliphatic heterocycles. The molecule has 7 heteroatoms. The normalized spacial score (nSPS) is 11.2. The van der Waals surface area contributed by atoms with Gasteiger partial charge in [0.15, 0.2) is 5.76 Å². The van der Waals surface area contributed by atoms with Crippen LogP contribution < -0.4 is 0 Å². The number of hydrogen-bond acceptors (Lipinski definition) is 4. The van der Waals surface area contributed by atoms with Gasteiger partial charge in [-0.3, -0.25) is 4.79 Å². The minimum atomic E-state index is -0.994. The van der Waals surface area contributed by atoms with Gasteiger partial charge in [0.2, 0.25) is 5.78 Å². The largest absolute Gasteiger partial charge is 0.478 e. The van der Waals surface area contributed by atoms with Crippen molar-refractivity contribution in [3.63, 3.8) is 0 Å². The first-order chi connectivity index (χ1) is 14.9. The van der Waals surface area contributed by atoms with Gasteiger partial charge >= 0.3 is 5.97 Å². The second-order valence-electron chi connectivity index (χ2n) is 6.57.